The average molecular weight is 286 g/mol. The molecule has 60 valence electrons. The molecule has 0 aliphatic carbocycles. The van der Waals surface area contributed by atoms with E-state index in [0.29, 0.717) is 14.3 Å². The molecule has 0 spiro atoms. The molecule has 0 amide bonds. The second kappa shape index (κ2) is 3.58. The van der Waals surface area contributed by atoms with Crippen LogP contribution in [0.3, 0.4) is 0 Å². The highest BCUT2D eigenvalue weighted by molar-refractivity contribution is 14.1. The number of hydrogen-bond donors (Lipinski definition) is 0. The van der Waals surface area contributed by atoms with Crippen molar-refractivity contribution in [3.63, 3.8) is 0 Å². The lowest BCUT2D eigenvalue weighted by Crippen LogP contribution is -1.90. The van der Waals surface area contributed by atoms with E-state index in [1.807, 2.05) is 22.6 Å². The van der Waals surface area contributed by atoms with Crippen LogP contribution in [0, 0.1) is 9.39 Å². The van der Waals surface area contributed by atoms with Gasteiger partial charge in [-0.1, -0.05) is 11.6 Å². The predicted molar refractivity (Wildman–Crippen MR) is 50.7 cm³/mol. The summed E-state index contributed by atoms with van der Waals surface area (Å²) >= 11 is 7.44. The molecule has 1 aromatic carbocycles. The molecule has 0 saturated heterocycles. The summed E-state index contributed by atoms with van der Waals surface area (Å²) in [6.07, 6.45) is 0. The number of benzene rings is 1. The monoisotopic (exact) mass is 286 g/mol. The van der Waals surface area contributed by atoms with Crippen molar-refractivity contribution in [2.45, 2.75) is 0 Å². The van der Waals surface area contributed by atoms with Gasteiger partial charge in [0.2, 0.25) is 0 Å². The Morgan fingerprint density at radius 1 is 1.55 bits per heavy atom. The maximum Gasteiger partial charge on any atom is 0.141 e. The quantitative estimate of drug-likeness (QED) is 0.569. The third-order valence-electron chi connectivity index (χ3n) is 1.18. The van der Waals surface area contributed by atoms with E-state index in [0.717, 1.165) is 0 Å². The van der Waals surface area contributed by atoms with Crippen molar-refractivity contribution in [3.8, 4) is 5.75 Å². The van der Waals surface area contributed by atoms with Crippen LogP contribution in [0.15, 0.2) is 12.1 Å². The fraction of sp³-hybridized carbons (Fsp3) is 0.143. The molecule has 0 heterocycles. The van der Waals surface area contributed by atoms with Gasteiger partial charge in [-0.2, -0.15) is 0 Å². The molecule has 1 nitrogen and oxygen atoms in total. The zero-order chi connectivity index (χ0) is 8.43. The second-order valence-corrected chi connectivity index (χ2v) is 3.42. The Morgan fingerprint density at radius 2 is 2.18 bits per heavy atom. The fourth-order valence-electron chi connectivity index (χ4n) is 0.681. The highest BCUT2D eigenvalue weighted by atomic mass is 127. The summed E-state index contributed by atoms with van der Waals surface area (Å²) in [5.74, 6) is 0.116. The third kappa shape index (κ3) is 1.96. The summed E-state index contributed by atoms with van der Waals surface area (Å²) in [6, 6.07) is 2.83. The Bertz CT molecular complexity index is 277. The summed E-state index contributed by atoms with van der Waals surface area (Å²) in [5, 5.41) is 0.347. The molecule has 0 aliphatic rings. The molecule has 0 unspecified atom stereocenters. The smallest absolute Gasteiger partial charge is 0.141 e. The van der Waals surface area contributed by atoms with Crippen molar-refractivity contribution < 1.29 is 9.13 Å². The van der Waals surface area contributed by atoms with Crippen LogP contribution >= 0.6 is 34.2 Å². The standard InChI is InChI=1S/C7H5ClFIO/c1-11-6-3-4(8)2-5(9)7(6)10/h2-3H,1H3. The molecule has 0 saturated carbocycles. The van der Waals surface area contributed by atoms with Crippen LogP contribution in [0.2, 0.25) is 5.02 Å². The predicted octanol–water partition coefficient (Wildman–Crippen LogP) is 3.09. The van der Waals surface area contributed by atoms with Crippen molar-refractivity contribution >= 4 is 34.2 Å². The van der Waals surface area contributed by atoms with Gasteiger partial charge in [-0.25, -0.2) is 4.39 Å². The summed E-state index contributed by atoms with van der Waals surface area (Å²) in [5.41, 5.74) is 0. The third-order valence-corrected chi connectivity index (χ3v) is 2.44. The number of halogens is 3. The molecule has 0 N–H and O–H groups in total. The van der Waals surface area contributed by atoms with Gasteiger partial charge >= 0.3 is 0 Å². The van der Waals surface area contributed by atoms with Gasteiger partial charge in [0, 0.05) is 11.1 Å². The normalized spacial score (nSPS) is 9.82. The average Bonchev–Trinajstić information content (AvgIpc) is 1.96. The number of ether oxygens (including phenoxy) is 1. The highest BCUT2D eigenvalue weighted by Crippen LogP contribution is 2.27. The van der Waals surface area contributed by atoms with E-state index in [1.165, 1.54) is 13.2 Å². The zero-order valence-corrected chi connectivity index (χ0v) is 8.61. The van der Waals surface area contributed by atoms with Crippen LogP contribution in [0.4, 0.5) is 4.39 Å². The van der Waals surface area contributed by atoms with Gasteiger partial charge in [-0.05, 0) is 28.7 Å². The van der Waals surface area contributed by atoms with Crippen molar-refractivity contribution in [1.82, 2.24) is 0 Å². The van der Waals surface area contributed by atoms with E-state index in [4.69, 9.17) is 16.3 Å². The molecule has 0 fully saturated rings. The van der Waals surface area contributed by atoms with Crippen LogP contribution < -0.4 is 4.74 Å². The summed E-state index contributed by atoms with van der Waals surface area (Å²) in [4.78, 5) is 0. The number of hydrogen-bond acceptors (Lipinski definition) is 1. The van der Waals surface area contributed by atoms with Gasteiger partial charge < -0.3 is 4.74 Å². The zero-order valence-electron chi connectivity index (χ0n) is 5.70. The van der Waals surface area contributed by atoms with Crippen LogP contribution in [-0.4, -0.2) is 7.11 Å². The minimum atomic E-state index is -0.352. The first-order valence-corrected chi connectivity index (χ1v) is 4.29. The van der Waals surface area contributed by atoms with Crippen LogP contribution in [-0.2, 0) is 0 Å². The molecule has 0 bridgehead atoms. The second-order valence-electron chi connectivity index (χ2n) is 1.90. The first-order valence-electron chi connectivity index (χ1n) is 2.83. The van der Waals surface area contributed by atoms with E-state index in [2.05, 4.69) is 0 Å². The lowest BCUT2D eigenvalue weighted by atomic mass is 10.3. The van der Waals surface area contributed by atoms with E-state index in [9.17, 15) is 4.39 Å². The molecule has 0 aliphatic heterocycles. The SMILES string of the molecule is COc1cc(Cl)cc(F)c1I. The van der Waals surface area contributed by atoms with Crippen LogP contribution in [0.1, 0.15) is 0 Å². The minimum absolute atomic E-state index is 0.347. The Kier molecular flexibility index (Phi) is 2.95. The molecule has 0 radical (unpaired) electrons. The molecule has 0 aromatic heterocycles. The van der Waals surface area contributed by atoms with E-state index in [1.54, 1.807) is 6.07 Å². The van der Waals surface area contributed by atoms with Gasteiger partial charge in [0.05, 0.1) is 10.7 Å². The Hall–Kier alpha value is -0.0300. The molecule has 1 aromatic rings. The van der Waals surface area contributed by atoms with Gasteiger partial charge in [0.25, 0.3) is 0 Å². The topological polar surface area (TPSA) is 9.23 Å². The lowest BCUT2D eigenvalue weighted by Gasteiger charge is -2.03. The fourth-order valence-corrected chi connectivity index (χ4v) is 1.41. The maximum atomic E-state index is 12.9. The molecule has 1 rings (SSSR count). The molecular weight excluding hydrogens is 281 g/mol. The largest absolute Gasteiger partial charge is 0.495 e. The lowest BCUT2D eigenvalue weighted by molar-refractivity contribution is 0.407. The minimum Gasteiger partial charge on any atom is -0.495 e. The maximum absolute atomic E-state index is 12.9. The van der Waals surface area contributed by atoms with Crippen LogP contribution in [0.25, 0.3) is 0 Å². The summed E-state index contributed by atoms with van der Waals surface area (Å²) in [7, 11) is 1.48. The molecule has 11 heavy (non-hydrogen) atoms. The van der Waals surface area contributed by atoms with Crippen molar-refractivity contribution in [3.05, 3.63) is 26.5 Å². The molecule has 0 atom stereocenters. The van der Waals surface area contributed by atoms with Gasteiger partial charge in [0.1, 0.15) is 11.6 Å². The van der Waals surface area contributed by atoms with Gasteiger partial charge in [-0.3, -0.25) is 0 Å². The van der Waals surface area contributed by atoms with Gasteiger partial charge in [-0.15, -0.1) is 0 Å². The Labute approximate surface area is 82.6 Å². The Morgan fingerprint density at radius 3 is 2.73 bits per heavy atom. The van der Waals surface area contributed by atoms with Crippen molar-refractivity contribution in [1.29, 1.82) is 0 Å². The van der Waals surface area contributed by atoms with E-state index >= 15 is 0 Å². The van der Waals surface area contributed by atoms with Crippen LogP contribution in [0.5, 0.6) is 5.75 Å². The van der Waals surface area contributed by atoms with E-state index in [-0.39, 0.29) is 5.82 Å². The first-order chi connectivity index (χ1) is 5.15. The number of methoxy groups -OCH3 is 1. The first kappa shape index (κ1) is 9.06. The molecule has 4 heteroatoms. The van der Waals surface area contributed by atoms with Gasteiger partial charge in [0.15, 0.2) is 0 Å². The molecular formula is C7H5ClFIO. The van der Waals surface area contributed by atoms with Crippen molar-refractivity contribution in [2.24, 2.45) is 0 Å². The van der Waals surface area contributed by atoms with E-state index < -0.39 is 0 Å². The van der Waals surface area contributed by atoms with Crippen molar-refractivity contribution in [2.75, 3.05) is 7.11 Å². The highest BCUT2D eigenvalue weighted by Gasteiger charge is 2.06. The Balaban J connectivity index is 3.24. The summed E-state index contributed by atoms with van der Waals surface area (Å²) < 4.78 is 18.2. The number of rotatable bonds is 1. The summed E-state index contributed by atoms with van der Waals surface area (Å²) in [6.45, 7) is 0.